The fourth-order valence-corrected chi connectivity index (χ4v) is 0.731. The second kappa shape index (κ2) is 1.94. The number of hydrogen-bond donors (Lipinski definition) is 0. The molecular weight excluding hydrogens is 112 g/mol. The molecule has 0 spiro atoms. The highest BCUT2D eigenvalue weighted by atomic mass is 15.1. The van der Waals surface area contributed by atoms with Gasteiger partial charge in [-0.3, -0.25) is 0 Å². The minimum Gasteiger partial charge on any atom is -0.181 e. The SMILES string of the molecule is CC(C)(C)[C@@H]1C=CN=N1. The van der Waals surface area contributed by atoms with Crippen LogP contribution in [0.25, 0.3) is 0 Å². The fraction of sp³-hybridized carbons (Fsp3) is 0.714. The maximum atomic E-state index is 4.02. The third-order valence-electron chi connectivity index (χ3n) is 1.41. The lowest BCUT2D eigenvalue weighted by Crippen LogP contribution is -2.20. The van der Waals surface area contributed by atoms with E-state index >= 15 is 0 Å². The monoisotopic (exact) mass is 124 g/mol. The summed E-state index contributed by atoms with van der Waals surface area (Å²) in [7, 11) is 0. The Morgan fingerprint density at radius 1 is 1.33 bits per heavy atom. The molecule has 1 aliphatic rings. The molecule has 1 aliphatic heterocycles. The van der Waals surface area contributed by atoms with Crippen molar-refractivity contribution in [1.82, 2.24) is 0 Å². The summed E-state index contributed by atoms with van der Waals surface area (Å²) in [6.45, 7) is 6.48. The minimum absolute atomic E-state index is 0.233. The van der Waals surface area contributed by atoms with Crippen LogP contribution in [0, 0.1) is 5.41 Å². The summed E-state index contributed by atoms with van der Waals surface area (Å²) in [6, 6.07) is 0.289. The summed E-state index contributed by atoms with van der Waals surface area (Å²) in [6.07, 6.45) is 3.79. The Hall–Kier alpha value is -0.660. The van der Waals surface area contributed by atoms with Gasteiger partial charge >= 0.3 is 0 Å². The van der Waals surface area contributed by atoms with E-state index in [1.165, 1.54) is 0 Å². The van der Waals surface area contributed by atoms with E-state index in [1.807, 2.05) is 6.08 Å². The maximum Gasteiger partial charge on any atom is 0.0959 e. The van der Waals surface area contributed by atoms with Gasteiger partial charge in [0.2, 0.25) is 0 Å². The molecule has 0 unspecified atom stereocenters. The molecule has 0 fully saturated rings. The lowest BCUT2D eigenvalue weighted by molar-refractivity contribution is 0.365. The van der Waals surface area contributed by atoms with E-state index in [0.29, 0.717) is 0 Å². The summed E-state index contributed by atoms with van der Waals surface area (Å²) in [4.78, 5) is 0. The molecule has 0 aromatic heterocycles. The second-order valence-corrected chi connectivity index (χ2v) is 3.38. The molecular formula is C7H12N2. The molecule has 1 atom stereocenters. The Labute approximate surface area is 55.7 Å². The molecule has 0 aliphatic carbocycles. The van der Waals surface area contributed by atoms with E-state index in [-0.39, 0.29) is 11.5 Å². The molecule has 0 aromatic carbocycles. The third kappa shape index (κ3) is 1.37. The van der Waals surface area contributed by atoms with Gasteiger partial charge in [-0.1, -0.05) is 20.8 Å². The number of rotatable bonds is 0. The van der Waals surface area contributed by atoms with E-state index < -0.39 is 0 Å². The minimum atomic E-state index is 0.233. The van der Waals surface area contributed by atoms with Crippen molar-refractivity contribution in [3.63, 3.8) is 0 Å². The summed E-state index contributed by atoms with van der Waals surface area (Å²) >= 11 is 0. The molecule has 0 aromatic rings. The van der Waals surface area contributed by atoms with Gasteiger partial charge in [-0.15, -0.1) is 0 Å². The van der Waals surface area contributed by atoms with Gasteiger partial charge in [0.25, 0.3) is 0 Å². The Morgan fingerprint density at radius 2 is 2.00 bits per heavy atom. The van der Waals surface area contributed by atoms with Crippen LogP contribution in [0.1, 0.15) is 20.8 Å². The molecule has 1 rings (SSSR count). The van der Waals surface area contributed by atoms with Crippen molar-refractivity contribution in [1.29, 1.82) is 0 Å². The zero-order chi connectivity index (χ0) is 6.91. The summed E-state index contributed by atoms with van der Waals surface area (Å²) in [5.74, 6) is 0. The average Bonchev–Trinajstić information content (AvgIpc) is 2.08. The predicted octanol–water partition coefficient (Wildman–Crippen LogP) is 2.38. The normalized spacial score (nSPS) is 25.4. The van der Waals surface area contributed by atoms with Gasteiger partial charge in [-0.2, -0.15) is 10.2 Å². The van der Waals surface area contributed by atoms with Gasteiger partial charge in [0.05, 0.1) is 6.04 Å². The molecule has 2 nitrogen and oxygen atoms in total. The van der Waals surface area contributed by atoms with Crippen LogP contribution in [0.5, 0.6) is 0 Å². The van der Waals surface area contributed by atoms with Crippen LogP contribution in [-0.4, -0.2) is 6.04 Å². The van der Waals surface area contributed by atoms with Crippen molar-refractivity contribution < 1.29 is 0 Å². The molecule has 9 heavy (non-hydrogen) atoms. The zero-order valence-corrected chi connectivity index (χ0v) is 6.13. The Kier molecular flexibility index (Phi) is 1.39. The highest BCUT2D eigenvalue weighted by Gasteiger charge is 2.23. The first-order valence-corrected chi connectivity index (χ1v) is 3.17. The van der Waals surface area contributed by atoms with Gasteiger partial charge in [-0.05, 0) is 11.5 Å². The van der Waals surface area contributed by atoms with Crippen LogP contribution in [-0.2, 0) is 0 Å². The molecule has 2 heteroatoms. The lowest BCUT2D eigenvalue weighted by Gasteiger charge is -2.20. The topological polar surface area (TPSA) is 24.7 Å². The van der Waals surface area contributed by atoms with Gasteiger partial charge in [0, 0.05) is 6.20 Å². The van der Waals surface area contributed by atoms with Crippen molar-refractivity contribution in [3.05, 3.63) is 12.3 Å². The molecule has 0 bridgehead atoms. The highest BCUT2D eigenvalue weighted by molar-refractivity contribution is 5.01. The first kappa shape index (κ1) is 6.46. The van der Waals surface area contributed by atoms with Crippen LogP contribution in [0.2, 0.25) is 0 Å². The quantitative estimate of drug-likeness (QED) is 0.473. The molecule has 0 radical (unpaired) electrons. The number of nitrogens with zero attached hydrogens (tertiary/aromatic N) is 2. The van der Waals surface area contributed by atoms with E-state index in [4.69, 9.17) is 0 Å². The standard InChI is InChI=1S/C7H12N2/c1-7(2,3)6-4-5-8-9-6/h4-6H,1-3H3/t6-/m0/s1. The Morgan fingerprint density at radius 3 is 2.22 bits per heavy atom. The molecule has 1 heterocycles. The molecule has 0 saturated carbocycles. The van der Waals surface area contributed by atoms with Crippen molar-refractivity contribution in [2.24, 2.45) is 15.6 Å². The Balaban J connectivity index is 2.64. The van der Waals surface area contributed by atoms with E-state index in [1.54, 1.807) is 6.20 Å². The zero-order valence-electron chi connectivity index (χ0n) is 6.13. The van der Waals surface area contributed by atoms with Crippen LogP contribution in [0.4, 0.5) is 0 Å². The van der Waals surface area contributed by atoms with Crippen molar-refractivity contribution in [2.45, 2.75) is 26.8 Å². The fourth-order valence-electron chi connectivity index (χ4n) is 0.731. The van der Waals surface area contributed by atoms with Crippen molar-refractivity contribution >= 4 is 0 Å². The van der Waals surface area contributed by atoms with Crippen LogP contribution < -0.4 is 0 Å². The summed E-state index contributed by atoms with van der Waals surface area (Å²) < 4.78 is 0. The molecule has 50 valence electrons. The van der Waals surface area contributed by atoms with E-state index in [2.05, 4.69) is 31.0 Å². The van der Waals surface area contributed by atoms with Crippen molar-refractivity contribution in [3.8, 4) is 0 Å². The first-order chi connectivity index (χ1) is 4.11. The van der Waals surface area contributed by atoms with Gasteiger partial charge in [-0.25, -0.2) is 0 Å². The molecule has 0 N–H and O–H groups in total. The predicted molar refractivity (Wildman–Crippen MR) is 37.2 cm³/mol. The highest BCUT2D eigenvalue weighted by Crippen LogP contribution is 2.25. The largest absolute Gasteiger partial charge is 0.181 e. The number of azo groups is 1. The van der Waals surface area contributed by atoms with E-state index in [0.717, 1.165) is 0 Å². The lowest BCUT2D eigenvalue weighted by atomic mass is 9.88. The third-order valence-corrected chi connectivity index (χ3v) is 1.41. The Bertz CT molecular complexity index is 139. The van der Waals surface area contributed by atoms with Crippen LogP contribution in [0.15, 0.2) is 22.5 Å². The number of hydrogen-bond acceptors (Lipinski definition) is 2. The maximum absolute atomic E-state index is 4.02. The average molecular weight is 124 g/mol. The summed E-state index contributed by atoms with van der Waals surface area (Å²) in [5.41, 5.74) is 0.233. The van der Waals surface area contributed by atoms with Crippen LogP contribution >= 0.6 is 0 Å². The van der Waals surface area contributed by atoms with Gasteiger partial charge in [0.1, 0.15) is 0 Å². The van der Waals surface area contributed by atoms with Gasteiger partial charge in [0.15, 0.2) is 0 Å². The first-order valence-electron chi connectivity index (χ1n) is 3.17. The molecule has 0 saturated heterocycles. The van der Waals surface area contributed by atoms with E-state index in [9.17, 15) is 0 Å². The van der Waals surface area contributed by atoms with Crippen LogP contribution in [0.3, 0.4) is 0 Å². The summed E-state index contributed by atoms with van der Waals surface area (Å²) in [5, 5.41) is 7.80. The second-order valence-electron chi connectivity index (χ2n) is 3.38. The smallest absolute Gasteiger partial charge is 0.0959 e. The molecule has 0 amide bonds. The van der Waals surface area contributed by atoms with Crippen molar-refractivity contribution in [2.75, 3.05) is 0 Å². The van der Waals surface area contributed by atoms with Gasteiger partial charge < -0.3 is 0 Å².